The number of nitrogens with two attached hydrogens (primary N) is 3. The quantitative estimate of drug-likeness (QED) is 0.552. The second kappa shape index (κ2) is 3.08. The summed E-state index contributed by atoms with van der Waals surface area (Å²) in [4.78, 5) is 0. The van der Waals surface area contributed by atoms with Crippen LogP contribution in [0.25, 0.3) is 0 Å². The molecule has 0 heterocycles. The average molecular weight is 193 g/mol. The largest absolute Gasteiger partial charge is 0.398 e. The van der Waals surface area contributed by atoms with Gasteiger partial charge in [0.25, 0.3) is 0 Å². The normalized spacial score (nSPS) is 11.7. The fourth-order valence-electron chi connectivity index (χ4n) is 1.68. The van der Waals surface area contributed by atoms with Gasteiger partial charge in [0, 0.05) is 22.6 Å². The predicted molar refractivity (Wildman–Crippen MR) is 63.1 cm³/mol. The lowest BCUT2D eigenvalue weighted by Gasteiger charge is -2.25. The van der Waals surface area contributed by atoms with Gasteiger partial charge in [-0.1, -0.05) is 20.8 Å². The van der Waals surface area contributed by atoms with Crippen LogP contribution in [0.15, 0.2) is 6.07 Å². The lowest BCUT2D eigenvalue weighted by atomic mass is 9.83. The maximum absolute atomic E-state index is 6.01. The first-order valence-electron chi connectivity index (χ1n) is 4.69. The van der Waals surface area contributed by atoms with Gasteiger partial charge in [-0.05, 0) is 24.0 Å². The SMILES string of the molecule is Cc1c(N)cc(N)c(C(C)(C)C)c1N. The summed E-state index contributed by atoms with van der Waals surface area (Å²) in [6, 6.07) is 1.78. The van der Waals surface area contributed by atoms with E-state index < -0.39 is 0 Å². The number of anilines is 3. The molecule has 0 bridgehead atoms. The van der Waals surface area contributed by atoms with E-state index in [1.807, 2.05) is 6.92 Å². The first kappa shape index (κ1) is 10.7. The molecule has 0 aliphatic heterocycles. The van der Waals surface area contributed by atoms with Crippen molar-refractivity contribution in [2.24, 2.45) is 0 Å². The van der Waals surface area contributed by atoms with Crippen LogP contribution in [0.3, 0.4) is 0 Å². The number of hydrogen-bond acceptors (Lipinski definition) is 3. The Balaban J connectivity index is 3.53. The van der Waals surface area contributed by atoms with Crippen LogP contribution in [-0.2, 0) is 5.41 Å². The maximum atomic E-state index is 6.01. The zero-order chi connectivity index (χ0) is 11.1. The van der Waals surface area contributed by atoms with Crippen LogP contribution in [0.4, 0.5) is 17.1 Å². The zero-order valence-corrected chi connectivity index (χ0v) is 9.31. The molecule has 0 radical (unpaired) electrons. The molecule has 0 unspecified atom stereocenters. The highest BCUT2D eigenvalue weighted by molar-refractivity contribution is 5.75. The van der Waals surface area contributed by atoms with E-state index >= 15 is 0 Å². The Labute approximate surface area is 85.3 Å². The summed E-state index contributed by atoms with van der Waals surface area (Å²) < 4.78 is 0. The second-order valence-corrected chi connectivity index (χ2v) is 4.72. The Morgan fingerprint density at radius 1 is 1.00 bits per heavy atom. The van der Waals surface area contributed by atoms with Crippen molar-refractivity contribution in [3.63, 3.8) is 0 Å². The van der Waals surface area contributed by atoms with Gasteiger partial charge in [-0.3, -0.25) is 0 Å². The van der Waals surface area contributed by atoms with Gasteiger partial charge in [-0.25, -0.2) is 0 Å². The maximum Gasteiger partial charge on any atom is 0.0423 e. The summed E-state index contributed by atoms with van der Waals surface area (Å²) in [6.07, 6.45) is 0. The Hall–Kier alpha value is -1.38. The molecule has 1 aromatic rings. The van der Waals surface area contributed by atoms with Crippen molar-refractivity contribution in [1.82, 2.24) is 0 Å². The van der Waals surface area contributed by atoms with Gasteiger partial charge in [0.1, 0.15) is 0 Å². The molecule has 6 N–H and O–H groups in total. The predicted octanol–water partition coefficient (Wildman–Crippen LogP) is 2.04. The Kier molecular flexibility index (Phi) is 2.36. The third-order valence-corrected chi connectivity index (χ3v) is 2.46. The van der Waals surface area contributed by atoms with E-state index in [9.17, 15) is 0 Å². The highest BCUT2D eigenvalue weighted by Crippen LogP contribution is 2.37. The van der Waals surface area contributed by atoms with Crippen molar-refractivity contribution in [3.8, 4) is 0 Å². The van der Waals surface area contributed by atoms with Crippen LogP contribution in [0.5, 0.6) is 0 Å². The summed E-state index contributed by atoms with van der Waals surface area (Å²) in [5.41, 5.74) is 21.6. The van der Waals surface area contributed by atoms with Crippen LogP contribution >= 0.6 is 0 Å². The van der Waals surface area contributed by atoms with Gasteiger partial charge in [-0.2, -0.15) is 0 Å². The molecule has 14 heavy (non-hydrogen) atoms. The van der Waals surface area contributed by atoms with Crippen LogP contribution < -0.4 is 17.2 Å². The molecule has 0 aliphatic carbocycles. The minimum absolute atomic E-state index is 0.0490. The molecule has 1 aromatic carbocycles. The van der Waals surface area contributed by atoms with Gasteiger partial charge >= 0.3 is 0 Å². The van der Waals surface area contributed by atoms with Crippen molar-refractivity contribution in [2.45, 2.75) is 33.1 Å². The Morgan fingerprint density at radius 3 is 1.93 bits per heavy atom. The molecule has 1 rings (SSSR count). The highest BCUT2D eigenvalue weighted by atomic mass is 14.7. The van der Waals surface area contributed by atoms with E-state index in [1.54, 1.807) is 6.07 Å². The number of nitrogen functional groups attached to an aromatic ring is 3. The first-order valence-corrected chi connectivity index (χ1v) is 4.69. The van der Waals surface area contributed by atoms with Gasteiger partial charge in [-0.15, -0.1) is 0 Å². The molecule has 3 heteroatoms. The van der Waals surface area contributed by atoms with Gasteiger partial charge in [0.2, 0.25) is 0 Å². The van der Waals surface area contributed by atoms with Crippen LogP contribution in [0, 0.1) is 6.92 Å². The number of benzene rings is 1. The minimum atomic E-state index is -0.0490. The summed E-state index contributed by atoms with van der Waals surface area (Å²) in [5.74, 6) is 0. The molecule has 0 amide bonds. The molecular formula is C11H19N3. The molecule has 3 nitrogen and oxygen atoms in total. The third-order valence-electron chi connectivity index (χ3n) is 2.46. The van der Waals surface area contributed by atoms with Crippen LogP contribution in [-0.4, -0.2) is 0 Å². The highest BCUT2D eigenvalue weighted by Gasteiger charge is 2.21. The molecule has 0 atom stereocenters. The van der Waals surface area contributed by atoms with E-state index in [2.05, 4.69) is 20.8 Å². The van der Waals surface area contributed by atoms with Gasteiger partial charge < -0.3 is 17.2 Å². The van der Waals surface area contributed by atoms with Crippen molar-refractivity contribution >= 4 is 17.1 Å². The van der Waals surface area contributed by atoms with E-state index in [0.29, 0.717) is 11.4 Å². The monoisotopic (exact) mass is 193 g/mol. The lowest BCUT2D eigenvalue weighted by molar-refractivity contribution is 0.594. The van der Waals surface area contributed by atoms with Crippen LogP contribution in [0.1, 0.15) is 31.9 Å². The van der Waals surface area contributed by atoms with Gasteiger partial charge in [0.05, 0.1) is 0 Å². The van der Waals surface area contributed by atoms with E-state index in [0.717, 1.165) is 16.8 Å². The molecule has 0 saturated heterocycles. The Morgan fingerprint density at radius 2 is 1.50 bits per heavy atom. The van der Waals surface area contributed by atoms with Gasteiger partial charge in [0.15, 0.2) is 0 Å². The smallest absolute Gasteiger partial charge is 0.0423 e. The molecule has 0 aromatic heterocycles. The number of hydrogen-bond donors (Lipinski definition) is 3. The van der Waals surface area contributed by atoms with Crippen molar-refractivity contribution in [1.29, 1.82) is 0 Å². The second-order valence-electron chi connectivity index (χ2n) is 4.72. The van der Waals surface area contributed by atoms with Crippen molar-refractivity contribution < 1.29 is 0 Å². The van der Waals surface area contributed by atoms with E-state index in [-0.39, 0.29) is 5.41 Å². The van der Waals surface area contributed by atoms with E-state index in [4.69, 9.17) is 17.2 Å². The minimum Gasteiger partial charge on any atom is -0.398 e. The zero-order valence-electron chi connectivity index (χ0n) is 9.31. The van der Waals surface area contributed by atoms with E-state index in [1.165, 1.54) is 0 Å². The molecule has 78 valence electrons. The van der Waals surface area contributed by atoms with Crippen molar-refractivity contribution in [2.75, 3.05) is 17.2 Å². The summed E-state index contributed by atoms with van der Waals surface area (Å²) in [5, 5.41) is 0. The summed E-state index contributed by atoms with van der Waals surface area (Å²) in [6.45, 7) is 8.18. The first-order chi connectivity index (χ1) is 6.25. The summed E-state index contributed by atoms with van der Waals surface area (Å²) >= 11 is 0. The van der Waals surface area contributed by atoms with Crippen LogP contribution in [0.2, 0.25) is 0 Å². The fraction of sp³-hybridized carbons (Fsp3) is 0.455. The summed E-state index contributed by atoms with van der Waals surface area (Å²) in [7, 11) is 0. The Bertz CT molecular complexity index is 362. The average Bonchev–Trinajstić information content (AvgIpc) is 1.97. The lowest BCUT2D eigenvalue weighted by Crippen LogP contribution is -2.18. The topological polar surface area (TPSA) is 78.1 Å². The van der Waals surface area contributed by atoms with Crippen molar-refractivity contribution in [3.05, 3.63) is 17.2 Å². The fourth-order valence-corrected chi connectivity index (χ4v) is 1.68. The molecule has 0 fully saturated rings. The molecule has 0 spiro atoms. The molecule has 0 saturated carbocycles. The molecular weight excluding hydrogens is 174 g/mol. The number of rotatable bonds is 0. The standard InChI is InChI=1S/C11H19N3/c1-6-7(12)5-8(13)9(10(6)14)11(2,3)4/h5H,12-14H2,1-4H3. The third kappa shape index (κ3) is 1.62. The molecule has 0 aliphatic rings.